The Morgan fingerprint density at radius 2 is 2.00 bits per heavy atom. The lowest BCUT2D eigenvalue weighted by Crippen LogP contribution is -2.09. The maximum absolute atomic E-state index is 13.2. The highest BCUT2D eigenvalue weighted by molar-refractivity contribution is 7.90. The molecule has 1 aromatic carbocycles. The molecule has 0 unspecified atom stereocenters. The lowest BCUT2D eigenvalue weighted by molar-refractivity contribution is 0.464. The first-order valence-electron chi connectivity index (χ1n) is 7.07. The van der Waals surface area contributed by atoms with E-state index >= 15 is 0 Å². The first-order chi connectivity index (χ1) is 10.0. The van der Waals surface area contributed by atoms with Gasteiger partial charge >= 0.3 is 0 Å². The zero-order valence-corrected chi connectivity index (χ0v) is 12.4. The van der Waals surface area contributed by atoms with Crippen molar-refractivity contribution in [1.82, 2.24) is 9.78 Å². The second-order valence-electron chi connectivity index (χ2n) is 5.44. The summed E-state index contributed by atoms with van der Waals surface area (Å²) in [6.07, 6.45) is 6.42. The minimum atomic E-state index is -3.56. The van der Waals surface area contributed by atoms with Crippen LogP contribution in [0.15, 0.2) is 41.4 Å². The standard InChI is InChI=1S/C15H17FN2O2S/c16-12-4-3-7-15(10-12)21(19,20)11-13-8-9-18(17-13)14-5-1-2-6-14/h3-4,7-10,14H,1-2,5-6,11H2. The van der Waals surface area contributed by atoms with Crippen molar-refractivity contribution in [2.24, 2.45) is 0 Å². The Kier molecular flexibility index (Phi) is 3.80. The van der Waals surface area contributed by atoms with Crippen LogP contribution in [0.5, 0.6) is 0 Å². The van der Waals surface area contributed by atoms with Crippen molar-refractivity contribution < 1.29 is 12.8 Å². The molecule has 0 atom stereocenters. The molecule has 1 aliphatic rings. The quantitative estimate of drug-likeness (QED) is 0.872. The van der Waals surface area contributed by atoms with E-state index in [9.17, 15) is 12.8 Å². The molecule has 112 valence electrons. The summed E-state index contributed by atoms with van der Waals surface area (Å²) in [6, 6.07) is 7.20. The molecule has 6 heteroatoms. The minimum absolute atomic E-state index is 0.00193. The number of hydrogen-bond acceptors (Lipinski definition) is 3. The fourth-order valence-electron chi connectivity index (χ4n) is 2.77. The molecule has 0 saturated heterocycles. The molecule has 1 saturated carbocycles. The average molecular weight is 308 g/mol. The van der Waals surface area contributed by atoms with Crippen LogP contribution in [0.25, 0.3) is 0 Å². The molecular formula is C15H17FN2O2S. The van der Waals surface area contributed by atoms with Gasteiger partial charge in [-0.05, 0) is 37.1 Å². The van der Waals surface area contributed by atoms with E-state index in [1.807, 2.05) is 10.9 Å². The number of sulfone groups is 1. The molecule has 4 nitrogen and oxygen atoms in total. The molecule has 1 heterocycles. The smallest absolute Gasteiger partial charge is 0.184 e. The van der Waals surface area contributed by atoms with Crippen LogP contribution >= 0.6 is 0 Å². The van der Waals surface area contributed by atoms with Gasteiger partial charge in [0, 0.05) is 6.20 Å². The normalized spacial score (nSPS) is 16.4. The van der Waals surface area contributed by atoms with E-state index in [0.29, 0.717) is 11.7 Å². The van der Waals surface area contributed by atoms with Gasteiger partial charge in [-0.1, -0.05) is 18.9 Å². The van der Waals surface area contributed by atoms with Crippen molar-refractivity contribution in [3.8, 4) is 0 Å². The first kappa shape index (κ1) is 14.3. The third-order valence-corrected chi connectivity index (χ3v) is 5.50. The predicted molar refractivity (Wildman–Crippen MR) is 77.0 cm³/mol. The highest BCUT2D eigenvalue weighted by Crippen LogP contribution is 2.29. The first-order valence-corrected chi connectivity index (χ1v) is 8.72. The lowest BCUT2D eigenvalue weighted by Gasteiger charge is -2.09. The molecule has 1 fully saturated rings. The van der Waals surface area contributed by atoms with Gasteiger partial charge in [0.25, 0.3) is 0 Å². The van der Waals surface area contributed by atoms with Gasteiger partial charge in [0.05, 0.1) is 22.4 Å². The van der Waals surface area contributed by atoms with Gasteiger partial charge in [-0.3, -0.25) is 4.68 Å². The number of benzene rings is 1. The van der Waals surface area contributed by atoms with Gasteiger partial charge in [-0.25, -0.2) is 12.8 Å². The van der Waals surface area contributed by atoms with Gasteiger partial charge in [0.2, 0.25) is 0 Å². The number of nitrogens with zero attached hydrogens (tertiary/aromatic N) is 2. The Balaban J connectivity index is 1.79. The van der Waals surface area contributed by atoms with Crippen molar-refractivity contribution in [3.05, 3.63) is 48.0 Å². The molecule has 0 radical (unpaired) electrons. The van der Waals surface area contributed by atoms with E-state index in [4.69, 9.17) is 0 Å². The summed E-state index contributed by atoms with van der Waals surface area (Å²) < 4.78 is 39.6. The fourth-order valence-corrected chi connectivity index (χ4v) is 4.05. The number of aromatic nitrogens is 2. The van der Waals surface area contributed by atoms with Crippen LogP contribution in [0.2, 0.25) is 0 Å². The molecule has 0 aliphatic heterocycles. The van der Waals surface area contributed by atoms with Crippen LogP contribution in [0.1, 0.15) is 37.4 Å². The van der Waals surface area contributed by atoms with Crippen LogP contribution in [-0.4, -0.2) is 18.2 Å². The summed E-state index contributed by atoms with van der Waals surface area (Å²) in [6.45, 7) is 0. The van der Waals surface area contributed by atoms with Crippen molar-refractivity contribution in [2.75, 3.05) is 0 Å². The lowest BCUT2D eigenvalue weighted by atomic mass is 10.3. The van der Waals surface area contributed by atoms with Crippen LogP contribution in [0.3, 0.4) is 0 Å². The summed E-state index contributed by atoms with van der Waals surface area (Å²) >= 11 is 0. The van der Waals surface area contributed by atoms with Gasteiger partial charge in [0.15, 0.2) is 9.84 Å². The van der Waals surface area contributed by atoms with E-state index in [-0.39, 0.29) is 10.6 Å². The van der Waals surface area contributed by atoms with Crippen LogP contribution in [-0.2, 0) is 15.6 Å². The van der Waals surface area contributed by atoms with Gasteiger partial charge in [-0.15, -0.1) is 0 Å². The number of hydrogen-bond donors (Lipinski definition) is 0. The van der Waals surface area contributed by atoms with Crippen LogP contribution < -0.4 is 0 Å². The van der Waals surface area contributed by atoms with E-state index < -0.39 is 15.7 Å². The fraction of sp³-hybridized carbons (Fsp3) is 0.400. The van der Waals surface area contributed by atoms with Gasteiger partial charge in [0.1, 0.15) is 5.82 Å². The molecule has 1 aliphatic carbocycles. The molecule has 0 amide bonds. The maximum Gasteiger partial charge on any atom is 0.184 e. The monoisotopic (exact) mass is 308 g/mol. The SMILES string of the molecule is O=S(=O)(Cc1ccn(C2CCCC2)n1)c1cccc(F)c1. The Morgan fingerprint density at radius 1 is 1.24 bits per heavy atom. The third-order valence-electron chi connectivity index (χ3n) is 3.86. The molecule has 3 rings (SSSR count). The molecule has 0 spiro atoms. The van der Waals surface area contributed by atoms with Crippen molar-refractivity contribution in [3.63, 3.8) is 0 Å². The van der Waals surface area contributed by atoms with Crippen molar-refractivity contribution in [1.29, 1.82) is 0 Å². The van der Waals surface area contributed by atoms with E-state index in [0.717, 1.165) is 18.9 Å². The summed E-state index contributed by atoms with van der Waals surface area (Å²) in [4.78, 5) is -0.00193. The highest BCUT2D eigenvalue weighted by atomic mass is 32.2. The summed E-state index contributed by atoms with van der Waals surface area (Å²) in [5.41, 5.74) is 0.506. The topological polar surface area (TPSA) is 52.0 Å². The number of rotatable bonds is 4. The van der Waals surface area contributed by atoms with Gasteiger partial charge < -0.3 is 0 Å². The molecule has 2 aromatic rings. The third kappa shape index (κ3) is 3.15. The van der Waals surface area contributed by atoms with Crippen LogP contribution in [0.4, 0.5) is 4.39 Å². The molecule has 0 N–H and O–H groups in total. The zero-order chi connectivity index (χ0) is 14.9. The summed E-state index contributed by atoms with van der Waals surface area (Å²) in [5.74, 6) is -0.747. The summed E-state index contributed by atoms with van der Waals surface area (Å²) in [5, 5.41) is 4.37. The second kappa shape index (κ2) is 5.60. The average Bonchev–Trinajstić information content (AvgIpc) is 3.08. The van der Waals surface area contributed by atoms with E-state index in [2.05, 4.69) is 5.10 Å². The zero-order valence-electron chi connectivity index (χ0n) is 11.6. The number of halogens is 1. The Bertz CT molecular complexity index is 734. The van der Waals surface area contributed by atoms with Crippen molar-refractivity contribution in [2.45, 2.75) is 42.4 Å². The molecule has 0 bridgehead atoms. The molecular weight excluding hydrogens is 291 g/mol. The molecule has 1 aromatic heterocycles. The summed E-state index contributed by atoms with van der Waals surface area (Å²) in [7, 11) is -3.56. The Morgan fingerprint density at radius 3 is 2.71 bits per heavy atom. The highest BCUT2D eigenvalue weighted by Gasteiger charge is 2.20. The second-order valence-corrected chi connectivity index (χ2v) is 7.43. The maximum atomic E-state index is 13.2. The van der Waals surface area contributed by atoms with E-state index in [1.165, 1.54) is 31.0 Å². The van der Waals surface area contributed by atoms with E-state index in [1.54, 1.807) is 6.07 Å². The molecule has 21 heavy (non-hydrogen) atoms. The van der Waals surface area contributed by atoms with Gasteiger partial charge in [-0.2, -0.15) is 5.10 Å². The Labute approximate surface area is 123 Å². The van der Waals surface area contributed by atoms with Crippen molar-refractivity contribution >= 4 is 9.84 Å². The predicted octanol–water partition coefficient (Wildman–Crippen LogP) is 3.11. The van der Waals surface area contributed by atoms with Crippen LogP contribution in [0, 0.1) is 5.82 Å². The largest absolute Gasteiger partial charge is 0.269 e. The minimum Gasteiger partial charge on any atom is -0.269 e. The Hall–Kier alpha value is -1.69.